The van der Waals surface area contributed by atoms with Crippen molar-refractivity contribution in [3.8, 4) is 11.8 Å². The molecule has 3 rings (SSSR count). The van der Waals surface area contributed by atoms with Gasteiger partial charge < -0.3 is 4.74 Å². The summed E-state index contributed by atoms with van der Waals surface area (Å²) in [7, 11) is 0. The summed E-state index contributed by atoms with van der Waals surface area (Å²) < 4.78 is 5.22. The molecule has 1 heterocycles. The first-order valence-electron chi connectivity index (χ1n) is 7.41. The molecule has 1 fully saturated rings. The minimum Gasteiger partial charge on any atom is -0.479 e. The second-order valence-electron chi connectivity index (χ2n) is 5.26. The van der Waals surface area contributed by atoms with Gasteiger partial charge in [0.15, 0.2) is 6.61 Å². The van der Waals surface area contributed by atoms with E-state index in [0.717, 1.165) is 5.01 Å². The van der Waals surface area contributed by atoms with Crippen molar-refractivity contribution in [2.45, 2.75) is 0 Å². The van der Waals surface area contributed by atoms with E-state index in [1.54, 1.807) is 30.3 Å². The lowest BCUT2D eigenvalue weighted by atomic mass is 10.1. The van der Waals surface area contributed by atoms with Crippen molar-refractivity contribution < 1.29 is 14.3 Å². The largest absolute Gasteiger partial charge is 0.479 e. The Labute approximate surface area is 159 Å². The van der Waals surface area contributed by atoms with E-state index in [9.17, 15) is 9.59 Å². The van der Waals surface area contributed by atoms with Gasteiger partial charge in [-0.15, -0.1) is 0 Å². The highest BCUT2D eigenvalue weighted by Crippen LogP contribution is 2.29. The number of amides is 2. The van der Waals surface area contributed by atoms with Crippen molar-refractivity contribution in [3.63, 3.8) is 0 Å². The average molecular weight is 388 g/mol. The number of ether oxygens (including phenoxy) is 1. The minimum absolute atomic E-state index is 0.0338. The van der Waals surface area contributed by atoms with E-state index in [0.29, 0.717) is 22.0 Å². The lowest BCUT2D eigenvalue weighted by Crippen LogP contribution is -2.35. The zero-order valence-corrected chi connectivity index (χ0v) is 14.7. The molecule has 26 heavy (non-hydrogen) atoms. The van der Waals surface area contributed by atoms with Crippen LogP contribution in [-0.2, 0) is 9.59 Å². The van der Waals surface area contributed by atoms with Gasteiger partial charge in [0.1, 0.15) is 17.4 Å². The zero-order chi connectivity index (χ0) is 18.7. The van der Waals surface area contributed by atoms with Gasteiger partial charge in [-0.25, -0.2) is 5.01 Å². The standard InChI is InChI=1S/C18H11Cl2N3O3/c19-15-5-4-12(10-16(15)20)23-18(25)14(17(24)22-23)9-11-2-1-3-13(8-11)26-7-6-21/h1-5,8-10H,7H2,(H,22,24). The van der Waals surface area contributed by atoms with Gasteiger partial charge in [0, 0.05) is 0 Å². The third-order valence-electron chi connectivity index (χ3n) is 3.53. The van der Waals surface area contributed by atoms with Gasteiger partial charge in [-0.05, 0) is 42.0 Å². The average Bonchev–Trinajstić information content (AvgIpc) is 2.91. The summed E-state index contributed by atoms with van der Waals surface area (Å²) in [5.74, 6) is -0.589. The number of rotatable bonds is 4. The first-order chi connectivity index (χ1) is 12.5. The first kappa shape index (κ1) is 17.8. The van der Waals surface area contributed by atoms with Gasteiger partial charge >= 0.3 is 0 Å². The van der Waals surface area contributed by atoms with E-state index >= 15 is 0 Å². The van der Waals surface area contributed by atoms with Crippen LogP contribution < -0.4 is 15.2 Å². The van der Waals surface area contributed by atoms with Crippen molar-refractivity contribution in [3.05, 3.63) is 63.6 Å². The van der Waals surface area contributed by atoms with Crippen LogP contribution in [0.4, 0.5) is 5.69 Å². The predicted molar refractivity (Wildman–Crippen MR) is 97.6 cm³/mol. The highest BCUT2D eigenvalue weighted by Gasteiger charge is 2.34. The van der Waals surface area contributed by atoms with Crippen LogP contribution in [0.5, 0.6) is 5.75 Å². The van der Waals surface area contributed by atoms with Crippen LogP contribution in [0.15, 0.2) is 48.0 Å². The van der Waals surface area contributed by atoms with E-state index in [1.807, 2.05) is 6.07 Å². The lowest BCUT2D eigenvalue weighted by Gasteiger charge is -2.15. The fraction of sp³-hybridized carbons (Fsp3) is 0.0556. The molecule has 2 amide bonds. The molecule has 0 saturated carbocycles. The summed E-state index contributed by atoms with van der Waals surface area (Å²) in [6, 6.07) is 13.2. The van der Waals surface area contributed by atoms with Crippen LogP contribution >= 0.6 is 23.2 Å². The van der Waals surface area contributed by atoms with Gasteiger partial charge in [0.25, 0.3) is 11.8 Å². The van der Waals surface area contributed by atoms with Crippen molar-refractivity contribution in [2.24, 2.45) is 0 Å². The number of hydrogen-bond donors (Lipinski definition) is 1. The monoisotopic (exact) mass is 387 g/mol. The molecule has 0 unspecified atom stereocenters. The topological polar surface area (TPSA) is 82.4 Å². The van der Waals surface area contributed by atoms with Crippen molar-refractivity contribution >= 4 is 46.8 Å². The maximum atomic E-state index is 12.6. The molecule has 0 atom stereocenters. The normalized spacial score (nSPS) is 15.1. The summed E-state index contributed by atoms with van der Waals surface area (Å²) in [6.45, 7) is -0.0927. The van der Waals surface area contributed by atoms with E-state index in [1.165, 1.54) is 18.2 Å². The molecule has 0 bridgehead atoms. The Bertz CT molecular complexity index is 966. The summed E-state index contributed by atoms with van der Waals surface area (Å²) >= 11 is 11.8. The van der Waals surface area contributed by atoms with Crippen molar-refractivity contribution in [1.29, 1.82) is 5.26 Å². The van der Waals surface area contributed by atoms with E-state index in [-0.39, 0.29) is 17.2 Å². The Morgan fingerprint density at radius 2 is 1.96 bits per heavy atom. The third kappa shape index (κ3) is 3.64. The fourth-order valence-corrected chi connectivity index (χ4v) is 2.63. The molecule has 2 aromatic carbocycles. The van der Waals surface area contributed by atoms with Gasteiger partial charge in [0.2, 0.25) is 0 Å². The molecule has 0 aliphatic carbocycles. The molecule has 130 valence electrons. The maximum Gasteiger partial charge on any atom is 0.282 e. The van der Waals surface area contributed by atoms with Gasteiger partial charge in [-0.1, -0.05) is 35.3 Å². The zero-order valence-electron chi connectivity index (χ0n) is 13.2. The number of anilines is 1. The summed E-state index contributed by atoms with van der Waals surface area (Å²) in [5, 5.41) is 10.3. The van der Waals surface area contributed by atoms with Crippen LogP contribution in [0.2, 0.25) is 10.0 Å². The Balaban J connectivity index is 1.88. The van der Waals surface area contributed by atoms with Gasteiger partial charge in [0.05, 0.1) is 15.7 Å². The summed E-state index contributed by atoms with van der Waals surface area (Å²) in [4.78, 5) is 24.8. The minimum atomic E-state index is -0.538. The number of carbonyl (C=O) groups is 2. The van der Waals surface area contributed by atoms with Crippen molar-refractivity contribution in [1.82, 2.24) is 5.43 Å². The molecule has 8 heteroatoms. The number of hydrazine groups is 1. The molecule has 1 aliphatic heterocycles. The van der Waals surface area contributed by atoms with Gasteiger partial charge in [-0.3, -0.25) is 15.0 Å². The second-order valence-corrected chi connectivity index (χ2v) is 6.07. The predicted octanol–water partition coefficient (Wildman–Crippen LogP) is 3.36. The van der Waals surface area contributed by atoms with Crippen molar-refractivity contribution in [2.75, 3.05) is 11.6 Å². The number of nitrogens with zero attached hydrogens (tertiary/aromatic N) is 2. The molecule has 2 aromatic rings. The van der Waals surface area contributed by atoms with E-state index in [2.05, 4.69) is 5.43 Å². The van der Waals surface area contributed by atoms with Crippen LogP contribution in [0, 0.1) is 11.3 Å². The SMILES string of the molecule is N#CCOc1cccc(C=C2C(=O)NN(c3ccc(Cl)c(Cl)c3)C2=O)c1. The molecular weight excluding hydrogens is 377 g/mol. The molecule has 1 N–H and O–H groups in total. The third-order valence-corrected chi connectivity index (χ3v) is 4.26. The van der Waals surface area contributed by atoms with Gasteiger partial charge in [-0.2, -0.15) is 5.26 Å². The molecule has 6 nitrogen and oxygen atoms in total. The van der Waals surface area contributed by atoms with Crippen LogP contribution in [0.25, 0.3) is 6.08 Å². The summed E-state index contributed by atoms with van der Waals surface area (Å²) in [6.07, 6.45) is 1.45. The smallest absolute Gasteiger partial charge is 0.282 e. The van der Waals surface area contributed by atoms with E-state index in [4.69, 9.17) is 33.2 Å². The quantitative estimate of drug-likeness (QED) is 0.643. The lowest BCUT2D eigenvalue weighted by molar-refractivity contribution is -0.117. The molecule has 1 aliphatic rings. The number of hydrogen-bond acceptors (Lipinski definition) is 4. The molecular formula is C18H11Cl2N3O3. The Kier molecular flexibility index (Phi) is 5.12. The Morgan fingerprint density at radius 1 is 1.15 bits per heavy atom. The van der Waals surface area contributed by atoms with E-state index < -0.39 is 11.8 Å². The highest BCUT2D eigenvalue weighted by molar-refractivity contribution is 6.42. The molecule has 0 aromatic heterocycles. The maximum absolute atomic E-state index is 12.6. The Morgan fingerprint density at radius 3 is 2.69 bits per heavy atom. The Hall–Kier alpha value is -3.01. The number of nitrogens with one attached hydrogen (secondary N) is 1. The number of halogens is 2. The number of nitriles is 1. The highest BCUT2D eigenvalue weighted by atomic mass is 35.5. The molecule has 1 saturated heterocycles. The second kappa shape index (κ2) is 7.48. The fourth-order valence-electron chi connectivity index (χ4n) is 2.34. The van der Waals surface area contributed by atoms with Crippen LogP contribution in [0.1, 0.15) is 5.56 Å². The molecule has 0 spiro atoms. The van der Waals surface area contributed by atoms with Crippen LogP contribution in [-0.4, -0.2) is 18.4 Å². The molecule has 0 radical (unpaired) electrons. The van der Waals surface area contributed by atoms with Crippen LogP contribution in [0.3, 0.4) is 0 Å². The summed E-state index contributed by atoms with van der Waals surface area (Å²) in [5.41, 5.74) is 3.44. The number of carbonyl (C=O) groups excluding carboxylic acids is 2. The first-order valence-corrected chi connectivity index (χ1v) is 8.17. The number of benzene rings is 2.